The van der Waals surface area contributed by atoms with Gasteiger partial charge in [-0.05, 0) is 18.2 Å². The Labute approximate surface area is 94.2 Å². The van der Waals surface area contributed by atoms with Crippen LogP contribution in [-0.2, 0) is 6.54 Å². The van der Waals surface area contributed by atoms with Crippen molar-refractivity contribution in [1.29, 1.82) is 0 Å². The summed E-state index contributed by atoms with van der Waals surface area (Å²) in [5.41, 5.74) is 6.22. The quantitative estimate of drug-likeness (QED) is 0.913. The van der Waals surface area contributed by atoms with Gasteiger partial charge < -0.3 is 10.3 Å². The number of aromatic nitrogens is 1. The van der Waals surface area contributed by atoms with E-state index < -0.39 is 0 Å². The van der Waals surface area contributed by atoms with E-state index in [4.69, 9.17) is 10.3 Å². The fourth-order valence-electron chi connectivity index (χ4n) is 1.23. The van der Waals surface area contributed by atoms with Crippen LogP contribution in [0.1, 0.15) is 5.76 Å². The first-order valence-corrected chi connectivity index (χ1v) is 5.11. The lowest BCUT2D eigenvalue weighted by Gasteiger charge is -1.98. The number of hydrogen-bond acceptors (Lipinski definition) is 3. The summed E-state index contributed by atoms with van der Waals surface area (Å²) in [5, 5.41) is 3.74. The summed E-state index contributed by atoms with van der Waals surface area (Å²) in [5.74, 6) is 0.194. The summed E-state index contributed by atoms with van der Waals surface area (Å²) < 4.78 is 19.1. The fraction of sp³-hybridized carbons (Fsp3) is 0.100. The third-order valence-corrected chi connectivity index (χ3v) is 2.46. The van der Waals surface area contributed by atoms with E-state index in [9.17, 15) is 4.39 Å². The molecule has 0 fully saturated rings. The van der Waals surface area contributed by atoms with Crippen molar-refractivity contribution < 1.29 is 8.91 Å². The Balaban J connectivity index is 2.48. The Hall–Kier alpha value is -1.20. The van der Waals surface area contributed by atoms with Crippen LogP contribution in [-0.4, -0.2) is 5.16 Å². The maximum atomic E-state index is 13.4. The molecule has 1 heterocycles. The zero-order valence-corrected chi connectivity index (χ0v) is 9.29. The molecule has 1 aromatic heterocycles. The number of benzene rings is 1. The van der Waals surface area contributed by atoms with Gasteiger partial charge in [0.1, 0.15) is 11.5 Å². The largest absolute Gasteiger partial charge is 0.359 e. The van der Waals surface area contributed by atoms with E-state index in [0.29, 0.717) is 17.0 Å². The first kappa shape index (κ1) is 10.3. The molecule has 2 rings (SSSR count). The van der Waals surface area contributed by atoms with Crippen molar-refractivity contribution in [3.8, 4) is 11.3 Å². The molecular formula is C10H8BrFN2O. The van der Waals surface area contributed by atoms with E-state index in [-0.39, 0.29) is 12.4 Å². The summed E-state index contributed by atoms with van der Waals surface area (Å²) >= 11 is 3.27. The maximum Gasteiger partial charge on any atom is 0.150 e. The highest BCUT2D eigenvalue weighted by molar-refractivity contribution is 9.10. The van der Waals surface area contributed by atoms with Crippen LogP contribution in [0.4, 0.5) is 4.39 Å². The third kappa shape index (κ3) is 2.08. The molecular weight excluding hydrogens is 263 g/mol. The average molecular weight is 271 g/mol. The summed E-state index contributed by atoms with van der Waals surface area (Å²) in [6, 6.07) is 6.28. The molecule has 0 bridgehead atoms. The molecule has 0 saturated carbocycles. The van der Waals surface area contributed by atoms with Gasteiger partial charge in [0.05, 0.1) is 6.54 Å². The molecule has 0 radical (unpaired) electrons. The van der Waals surface area contributed by atoms with E-state index in [2.05, 4.69) is 21.1 Å². The van der Waals surface area contributed by atoms with Gasteiger partial charge >= 0.3 is 0 Å². The topological polar surface area (TPSA) is 52.0 Å². The van der Waals surface area contributed by atoms with Crippen LogP contribution in [0.15, 0.2) is 33.3 Å². The Kier molecular flexibility index (Phi) is 2.83. The number of halogens is 2. The highest BCUT2D eigenvalue weighted by atomic mass is 79.9. The second kappa shape index (κ2) is 4.12. The van der Waals surface area contributed by atoms with Gasteiger partial charge in [0.25, 0.3) is 0 Å². The first-order chi connectivity index (χ1) is 7.20. The highest BCUT2D eigenvalue weighted by Crippen LogP contribution is 2.25. The van der Waals surface area contributed by atoms with E-state index in [1.807, 2.05) is 0 Å². The molecule has 2 N–H and O–H groups in total. The van der Waals surface area contributed by atoms with Crippen LogP contribution < -0.4 is 5.73 Å². The Morgan fingerprint density at radius 1 is 1.40 bits per heavy atom. The highest BCUT2D eigenvalue weighted by Gasteiger charge is 2.10. The molecule has 3 nitrogen and oxygen atoms in total. The van der Waals surface area contributed by atoms with Crippen LogP contribution in [0, 0.1) is 5.82 Å². The van der Waals surface area contributed by atoms with E-state index in [1.165, 1.54) is 6.07 Å². The van der Waals surface area contributed by atoms with Crippen LogP contribution >= 0.6 is 15.9 Å². The molecule has 0 aliphatic heterocycles. The maximum absolute atomic E-state index is 13.4. The summed E-state index contributed by atoms with van der Waals surface area (Å²) in [4.78, 5) is 0. The number of hydrogen-bond donors (Lipinski definition) is 1. The predicted octanol–water partition coefficient (Wildman–Crippen LogP) is 2.70. The standard InChI is InChI=1S/C10H8BrFN2O/c11-6-1-2-9(12)8(3-6)10-4-7(5-13)15-14-10/h1-4H,5,13H2. The molecule has 0 aliphatic carbocycles. The Morgan fingerprint density at radius 2 is 2.20 bits per heavy atom. The molecule has 0 saturated heterocycles. The minimum Gasteiger partial charge on any atom is -0.359 e. The molecule has 0 aliphatic rings. The second-order valence-electron chi connectivity index (χ2n) is 3.01. The smallest absolute Gasteiger partial charge is 0.150 e. The average Bonchev–Trinajstić information content (AvgIpc) is 2.70. The van der Waals surface area contributed by atoms with Crippen LogP contribution in [0.5, 0.6) is 0 Å². The van der Waals surface area contributed by atoms with Crippen molar-refractivity contribution in [3.63, 3.8) is 0 Å². The predicted molar refractivity (Wildman–Crippen MR) is 57.5 cm³/mol. The molecule has 0 unspecified atom stereocenters. The Bertz CT molecular complexity index is 484. The van der Waals surface area contributed by atoms with Gasteiger partial charge in [-0.15, -0.1) is 0 Å². The molecule has 0 amide bonds. The number of rotatable bonds is 2. The lowest BCUT2D eigenvalue weighted by atomic mass is 10.1. The molecule has 15 heavy (non-hydrogen) atoms. The molecule has 5 heteroatoms. The van der Waals surface area contributed by atoms with Crippen LogP contribution in [0.3, 0.4) is 0 Å². The molecule has 2 aromatic rings. The van der Waals surface area contributed by atoms with Crippen molar-refractivity contribution in [2.45, 2.75) is 6.54 Å². The van der Waals surface area contributed by atoms with E-state index in [0.717, 1.165) is 4.47 Å². The van der Waals surface area contributed by atoms with Crippen molar-refractivity contribution in [3.05, 3.63) is 40.3 Å². The van der Waals surface area contributed by atoms with Gasteiger partial charge in [0, 0.05) is 16.1 Å². The minimum atomic E-state index is -0.338. The molecule has 78 valence electrons. The van der Waals surface area contributed by atoms with Gasteiger partial charge in [0.2, 0.25) is 0 Å². The number of nitrogens with zero attached hydrogens (tertiary/aromatic N) is 1. The van der Waals surface area contributed by atoms with Gasteiger partial charge in [0.15, 0.2) is 5.76 Å². The summed E-state index contributed by atoms with van der Waals surface area (Å²) in [6.07, 6.45) is 0. The van der Waals surface area contributed by atoms with Gasteiger partial charge in [-0.3, -0.25) is 0 Å². The molecule has 1 aromatic carbocycles. The van der Waals surface area contributed by atoms with Gasteiger partial charge in [-0.2, -0.15) is 0 Å². The lowest BCUT2D eigenvalue weighted by Crippen LogP contribution is -1.92. The van der Waals surface area contributed by atoms with Crippen LogP contribution in [0.25, 0.3) is 11.3 Å². The van der Waals surface area contributed by atoms with Crippen LogP contribution in [0.2, 0.25) is 0 Å². The van der Waals surface area contributed by atoms with E-state index >= 15 is 0 Å². The normalized spacial score (nSPS) is 10.6. The van der Waals surface area contributed by atoms with Crippen molar-refractivity contribution in [2.24, 2.45) is 5.73 Å². The third-order valence-electron chi connectivity index (χ3n) is 1.96. The monoisotopic (exact) mass is 270 g/mol. The first-order valence-electron chi connectivity index (χ1n) is 4.32. The van der Waals surface area contributed by atoms with Crippen molar-refractivity contribution in [2.75, 3.05) is 0 Å². The zero-order chi connectivity index (χ0) is 10.8. The summed E-state index contributed by atoms with van der Waals surface area (Å²) in [7, 11) is 0. The second-order valence-corrected chi connectivity index (χ2v) is 3.92. The van der Waals surface area contributed by atoms with Gasteiger partial charge in [-0.25, -0.2) is 4.39 Å². The van der Waals surface area contributed by atoms with Gasteiger partial charge in [-0.1, -0.05) is 21.1 Å². The number of nitrogens with two attached hydrogens (primary N) is 1. The van der Waals surface area contributed by atoms with Crippen molar-refractivity contribution in [1.82, 2.24) is 5.16 Å². The Morgan fingerprint density at radius 3 is 2.87 bits per heavy atom. The van der Waals surface area contributed by atoms with Crippen molar-refractivity contribution >= 4 is 15.9 Å². The molecule has 0 spiro atoms. The summed E-state index contributed by atoms with van der Waals surface area (Å²) in [6.45, 7) is 0.253. The minimum absolute atomic E-state index is 0.253. The lowest BCUT2D eigenvalue weighted by molar-refractivity contribution is 0.386. The fourth-order valence-corrected chi connectivity index (χ4v) is 1.59. The van der Waals surface area contributed by atoms with E-state index in [1.54, 1.807) is 18.2 Å². The SMILES string of the molecule is NCc1cc(-c2cc(Br)ccc2F)no1. The zero-order valence-electron chi connectivity index (χ0n) is 7.71. The molecule has 0 atom stereocenters.